The average Bonchev–Trinajstić information content (AvgIpc) is 3.51. The Morgan fingerprint density at radius 3 is 2.73 bits per heavy atom. The fraction of sp³-hybridized carbons (Fsp3) is 0.333. The van der Waals surface area contributed by atoms with Gasteiger partial charge in [0.1, 0.15) is 12.4 Å². The molecule has 1 amide bonds. The number of cyclic esters (lactones) is 1. The maximum atomic E-state index is 12.6. The molecule has 3 aliphatic rings. The summed E-state index contributed by atoms with van der Waals surface area (Å²) in [5, 5.41) is 1.25. The standard InChI is InChI=1S/C24H24N4O2/c1-26-15-17(16-7-3-5-9-19(16)26)21-24(18-8-4-6-10-20(18)27(21)2)11-12-25-22(24)28-13-14-30-23(28)29/h3-10,15,21H,11-14H2,1-2H3/t21-,24+/m1/s1. The quantitative estimate of drug-likeness (QED) is 0.623. The highest BCUT2D eigenvalue weighted by Crippen LogP contribution is 2.58. The number of aryl methyl sites for hydroxylation is 1. The van der Waals surface area contributed by atoms with Crippen LogP contribution >= 0.6 is 0 Å². The molecule has 0 bridgehead atoms. The van der Waals surface area contributed by atoms with Gasteiger partial charge in [-0.3, -0.25) is 9.89 Å². The highest BCUT2D eigenvalue weighted by Gasteiger charge is 2.58. The Hall–Kier alpha value is -3.28. The van der Waals surface area contributed by atoms with Gasteiger partial charge in [-0.2, -0.15) is 0 Å². The second-order valence-corrected chi connectivity index (χ2v) is 8.44. The number of fused-ring (bicyclic) bond motifs is 3. The third kappa shape index (κ3) is 2.08. The summed E-state index contributed by atoms with van der Waals surface area (Å²) in [6.07, 6.45) is 2.85. The first kappa shape index (κ1) is 17.6. The van der Waals surface area contributed by atoms with Gasteiger partial charge < -0.3 is 14.2 Å². The molecule has 6 nitrogen and oxygen atoms in total. The van der Waals surface area contributed by atoms with Crippen LogP contribution < -0.4 is 4.90 Å². The Kier molecular flexibility index (Phi) is 3.58. The number of carbonyl (C=O) groups is 1. The second-order valence-electron chi connectivity index (χ2n) is 8.44. The summed E-state index contributed by atoms with van der Waals surface area (Å²) in [7, 11) is 4.26. The van der Waals surface area contributed by atoms with E-state index in [-0.39, 0.29) is 17.6 Å². The molecule has 1 aromatic heterocycles. The number of hydrogen-bond donors (Lipinski definition) is 0. The summed E-state index contributed by atoms with van der Waals surface area (Å²) >= 11 is 0. The fourth-order valence-corrected chi connectivity index (χ4v) is 5.86. The van der Waals surface area contributed by atoms with Crippen molar-refractivity contribution in [3.63, 3.8) is 0 Å². The van der Waals surface area contributed by atoms with Crippen LogP contribution in [0.4, 0.5) is 10.5 Å². The minimum Gasteiger partial charge on any atom is -0.447 e. The number of para-hydroxylation sites is 2. The Labute approximate surface area is 175 Å². The molecule has 3 aromatic rings. The van der Waals surface area contributed by atoms with Crippen molar-refractivity contribution in [1.82, 2.24) is 9.47 Å². The van der Waals surface area contributed by atoms with E-state index in [0.717, 1.165) is 12.3 Å². The molecule has 2 aromatic carbocycles. The molecule has 0 unspecified atom stereocenters. The molecule has 1 saturated heterocycles. The lowest BCUT2D eigenvalue weighted by atomic mass is 9.71. The molecule has 30 heavy (non-hydrogen) atoms. The summed E-state index contributed by atoms with van der Waals surface area (Å²) in [5.41, 5.74) is 4.57. The van der Waals surface area contributed by atoms with Crippen molar-refractivity contribution in [2.45, 2.75) is 17.9 Å². The third-order valence-electron chi connectivity index (χ3n) is 7.02. The molecule has 152 valence electrons. The van der Waals surface area contributed by atoms with Crippen LogP contribution in [-0.2, 0) is 17.2 Å². The van der Waals surface area contributed by atoms with Gasteiger partial charge in [-0.1, -0.05) is 36.4 Å². The molecule has 0 saturated carbocycles. The van der Waals surface area contributed by atoms with Gasteiger partial charge in [0.25, 0.3) is 0 Å². The zero-order valence-corrected chi connectivity index (χ0v) is 17.2. The minimum absolute atomic E-state index is 0.0515. The van der Waals surface area contributed by atoms with Crippen molar-refractivity contribution in [3.8, 4) is 0 Å². The molecular weight excluding hydrogens is 376 g/mol. The van der Waals surface area contributed by atoms with Crippen molar-refractivity contribution < 1.29 is 9.53 Å². The lowest BCUT2D eigenvalue weighted by molar-refractivity contribution is 0.167. The molecular formula is C24H24N4O2. The summed E-state index contributed by atoms with van der Waals surface area (Å²) in [4.78, 5) is 21.6. The predicted molar refractivity (Wildman–Crippen MR) is 117 cm³/mol. The smallest absolute Gasteiger partial charge is 0.415 e. The number of rotatable bonds is 1. The van der Waals surface area contributed by atoms with Gasteiger partial charge in [0.2, 0.25) is 0 Å². The molecule has 6 heteroatoms. The van der Waals surface area contributed by atoms with Gasteiger partial charge in [-0.05, 0) is 24.1 Å². The molecule has 3 aliphatic heterocycles. The van der Waals surface area contributed by atoms with Crippen LogP contribution in [0.5, 0.6) is 0 Å². The van der Waals surface area contributed by atoms with E-state index in [2.05, 4.69) is 78.3 Å². The minimum atomic E-state index is -0.376. The van der Waals surface area contributed by atoms with Gasteiger partial charge in [0.15, 0.2) is 0 Å². The Morgan fingerprint density at radius 2 is 1.90 bits per heavy atom. The van der Waals surface area contributed by atoms with Crippen LogP contribution in [0.25, 0.3) is 10.9 Å². The van der Waals surface area contributed by atoms with Crippen LogP contribution in [0.3, 0.4) is 0 Å². The van der Waals surface area contributed by atoms with Gasteiger partial charge in [-0.25, -0.2) is 4.79 Å². The van der Waals surface area contributed by atoms with E-state index in [9.17, 15) is 4.79 Å². The molecule has 2 atom stereocenters. The summed E-state index contributed by atoms with van der Waals surface area (Å²) in [6.45, 7) is 1.69. The van der Waals surface area contributed by atoms with Crippen molar-refractivity contribution >= 4 is 28.5 Å². The Balaban J connectivity index is 1.62. The molecule has 6 rings (SSSR count). The van der Waals surface area contributed by atoms with Crippen LogP contribution in [-0.4, -0.2) is 48.1 Å². The van der Waals surface area contributed by atoms with E-state index in [1.165, 1.54) is 27.7 Å². The number of hydrogen-bond acceptors (Lipinski definition) is 4. The van der Waals surface area contributed by atoms with Crippen LogP contribution in [0.15, 0.2) is 59.7 Å². The number of amidine groups is 1. The van der Waals surface area contributed by atoms with Crippen molar-refractivity contribution in [1.29, 1.82) is 0 Å². The monoisotopic (exact) mass is 400 g/mol. The van der Waals surface area contributed by atoms with Gasteiger partial charge in [0, 0.05) is 49.0 Å². The first-order chi connectivity index (χ1) is 14.6. The third-order valence-corrected chi connectivity index (χ3v) is 7.02. The maximum Gasteiger partial charge on any atom is 0.415 e. The van der Waals surface area contributed by atoms with E-state index in [4.69, 9.17) is 9.73 Å². The Bertz CT molecular complexity index is 1210. The molecule has 4 heterocycles. The van der Waals surface area contributed by atoms with Crippen molar-refractivity contribution in [2.75, 3.05) is 31.6 Å². The van der Waals surface area contributed by atoms with Crippen LogP contribution in [0.1, 0.15) is 23.6 Å². The fourth-order valence-electron chi connectivity index (χ4n) is 5.86. The van der Waals surface area contributed by atoms with Gasteiger partial charge >= 0.3 is 6.09 Å². The highest BCUT2D eigenvalue weighted by atomic mass is 16.6. The van der Waals surface area contributed by atoms with E-state index >= 15 is 0 Å². The number of benzene rings is 2. The summed E-state index contributed by atoms with van der Waals surface area (Å²) in [5.74, 6) is 0.861. The summed E-state index contributed by atoms with van der Waals surface area (Å²) in [6, 6.07) is 17.2. The number of amides is 1. The van der Waals surface area contributed by atoms with Crippen LogP contribution in [0, 0.1) is 0 Å². The number of likely N-dealkylation sites (N-methyl/N-ethyl adjacent to an activating group) is 1. The molecule has 0 radical (unpaired) electrons. The zero-order valence-electron chi connectivity index (χ0n) is 17.2. The van der Waals surface area contributed by atoms with E-state index < -0.39 is 0 Å². The molecule has 1 spiro atoms. The van der Waals surface area contributed by atoms with Crippen molar-refractivity contribution in [3.05, 3.63) is 65.9 Å². The van der Waals surface area contributed by atoms with E-state index in [1.54, 1.807) is 4.90 Å². The first-order valence-electron chi connectivity index (χ1n) is 10.5. The SMILES string of the molecule is CN1c2ccccc2[C@@]2(CCN=C2N2CCOC2=O)[C@H]1c1cn(C)c2ccccc12. The zero-order chi connectivity index (χ0) is 20.5. The number of aromatic nitrogens is 1. The molecule has 0 N–H and O–H groups in total. The molecule has 1 fully saturated rings. The van der Waals surface area contributed by atoms with Gasteiger partial charge in [0.05, 0.1) is 18.0 Å². The lowest BCUT2D eigenvalue weighted by Gasteiger charge is -2.38. The van der Waals surface area contributed by atoms with Crippen molar-refractivity contribution in [2.24, 2.45) is 12.0 Å². The molecule has 0 aliphatic carbocycles. The van der Waals surface area contributed by atoms with Gasteiger partial charge in [-0.15, -0.1) is 0 Å². The number of nitrogens with zero attached hydrogens (tertiary/aromatic N) is 4. The van der Waals surface area contributed by atoms with Crippen LogP contribution in [0.2, 0.25) is 0 Å². The Morgan fingerprint density at radius 1 is 1.10 bits per heavy atom. The maximum absolute atomic E-state index is 12.6. The number of anilines is 1. The lowest BCUT2D eigenvalue weighted by Crippen LogP contribution is -2.49. The van der Waals surface area contributed by atoms with E-state index in [1.807, 2.05) is 0 Å². The predicted octanol–water partition coefficient (Wildman–Crippen LogP) is 3.86. The average molecular weight is 400 g/mol. The number of carbonyl (C=O) groups excluding carboxylic acids is 1. The number of aliphatic imine (C=N–C) groups is 1. The largest absolute Gasteiger partial charge is 0.447 e. The summed E-state index contributed by atoms with van der Waals surface area (Å²) < 4.78 is 7.50. The van der Waals surface area contributed by atoms with E-state index in [0.29, 0.717) is 19.7 Å². The highest BCUT2D eigenvalue weighted by molar-refractivity contribution is 6.07. The normalized spacial score (nSPS) is 25.3. The first-order valence-corrected chi connectivity index (χ1v) is 10.5. The topological polar surface area (TPSA) is 50.1 Å². The number of ether oxygens (including phenoxy) is 1. The second kappa shape index (κ2) is 6.11.